The second-order valence-electron chi connectivity index (χ2n) is 7.14. The summed E-state index contributed by atoms with van der Waals surface area (Å²) in [6.07, 6.45) is 7.65. The van der Waals surface area contributed by atoms with Gasteiger partial charge in [0.05, 0.1) is 7.11 Å². The third-order valence-electron chi connectivity index (χ3n) is 5.22. The first-order valence-electron chi connectivity index (χ1n) is 10.0. The summed E-state index contributed by atoms with van der Waals surface area (Å²) in [5, 5.41) is 2.22. The molecule has 1 N–H and O–H groups in total. The number of rotatable bonds is 7. The molecule has 0 atom stereocenters. The normalized spacial score (nSPS) is 11.1. The molecule has 0 aliphatic carbocycles. The van der Waals surface area contributed by atoms with Crippen molar-refractivity contribution in [3.8, 4) is 5.75 Å². The minimum Gasteiger partial charge on any atom is -1.00 e. The summed E-state index contributed by atoms with van der Waals surface area (Å²) in [4.78, 5) is 16.7. The fourth-order valence-electron chi connectivity index (χ4n) is 3.65. The number of benzene rings is 2. The molecule has 30 heavy (non-hydrogen) atoms. The van der Waals surface area contributed by atoms with Crippen LogP contribution in [0.2, 0.25) is 0 Å². The zero-order valence-electron chi connectivity index (χ0n) is 17.2. The van der Waals surface area contributed by atoms with Crippen LogP contribution >= 0.6 is 0 Å². The number of ketones is 1. The van der Waals surface area contributed by atoms with Crippen LogP contribution in [0.3, 0.4) is 0 Å². The lowest BCUT2D eigenvalue weighted by Gasteiger charge is -2.03. The zero-order valence-corrected chi connectivity index (χ0v) is 18.8. The van der Waals surface area contributed by atoms with E-state index in [1.54, 1.807) is 13.2 Å². The average molecular weight is 465 g/mol. The van der Waals surface area contributed by atoms with Gasteiger partial charge < -0.3 is 26.7 Å². The number of aryl methyl sites for hydroxylation is 1. The highest BCUT2D eigenvalue weighted by Crippen LogP contribution is 2.26. The van der Waals surface area contributed by atoms with Crippen molar-refractivity contribution in [3.63, 3.8) is 0 Å². The third-order valence-corrected chi connectivity index (χ3v) is 5.22. The minimum atomic E-state index is -0.00548. The highest BCUT2D eigenvalue weighted by atomic mass is 79.9. The van der Waals surface area contributed by atoms with E-state index in [-0.39, 0.29) is 22.8 Å². The number of allylic oxidation sites excluding steroid dienone is 1. The Morgan fingerprint density at radius 3 is 2.57 bits per heavy atom. The number of H-pyrrole nitrogens is 1. The van der Waals surface area contributed by atoms with E-state index in [2.05, 4.69) is 28.6 Å². The van der Waals surface area contributed by atoms with Gasteiger partial charge in [-0.25, -0.2) is 0 Å². The summed E-state index contributed by atoms with van der Waals surface area (Å²) in [5.41, 5.74) is 3.61. The third kappa shape index (κ3) is 4.31. The highest BCUT2D eigenvalue weighted by Gasteiger charge is 2.23. The van der Waals surface area contributed by atoms with Gasteiger partial charge in [0, 0.05) is 28.8 Å². The molecule has 2 aromatic heterocycles. The van der Waals surface area contributed by atoms with Gasteiger partial charge in [-0.2, -0.15) is 4.57 Å². The maximum Gasteiger partial charge on any atom is 0.277 e. The van der Waals surface area contributed by atoms with Gasteiger partial charge in [-0.05, 0) is 29.8 Å². The average Bonchev–Trinajstić information content (AvgIpc) is 3.14. The number of aromatic amines is 1. The molecule has 0 fully saturated rings. The maximum absolute atomic E-state index is 13.3. The van der Waals surface area contributed by atoms with Crippen molar-refractivity contribution in [1.29, 1.82) is 0 Å². The van der Waals surface area contributed by atoms with E-state index in [0.29, 0.717) is 5.69 Å². The first-order chi connectivity index (χ1) is 14.2. The summed E-state index contributed by atoms with van der Waals surface area (Å²) >= 11 is 0. The molecule has 4 aromatic rings. The molecule has 2 heterocycles. The number of halogens is 1. The molecule has 0 bridgehead atoms. The molecule has 0 saturated carbocycles. The first-order valence-corrected chi connectivity index (χ1v) is 10.0. The molecule has 0 unspecified atom stereocenters. The topological polar surface area (TPSA) is 46.0 Å². The van der Waals surface area contributed by atoms with Gasteiger partial charge in [-0.1, -0.05) is 49.8 Å². The number of ether oxygens (including phenoxy) is 1. The van der Waals surface area contributed by atoms with E-state index in [1.165, 1.54) is 0 Å². The van der Waals surface area contributed by atoms with Crippen LogP contribution in [0.1, 0.15) is 35.8 Å². The van der Waals surface area contributed by atoms with Crippen LogP contribution < -0.4 is 26.3 Å². The summed E-state index contributed by atoms with van der Waals surface area (Å²) in [6.45, 7) is 2.98. The summed E-state index contributed by atoms with van der Waals surface area (Å²) in [5.74, 6) is 0.794. The summed E-state index contributed by atoms with van der Waals surface area (Å²) < 4.78 is 7.27. The van der Waals surface area contributed by atoms with Crippen LogP contribution in [0.25, 0.3) is 27.9 Å². The quantitative estimate of drug-likeness (QED) is 0.259. The van der Waals surface area contributed by atoms with Gasteiger partial charge in [0.25, 0.3) is 11.5 Å². The largest absolute Gasteiger partial charge is 1.00 e. The van der Waals surface area contributed by atoms with Crippen LogP contribution in [0, 0.1) is 0 Å². The minimum absolute atomic E-state index is 0. The summed E-state index contributed by atoms with van der Waals surface area (Å²) in [7, 11) is 1.64. The van der Waals surface area contributed by atoms with Crippen LogP contribution in [0.5, 0.6) is 5.75 Å². The molecule has 2 aromatic carbocycles. The number of nitrogens with zero attached hydrogens (tertiary/aromatic N) is 1. The van der Waals surface area contributed by atoms with E-state index in [9.17, 15) is 4.79 Å². The molecule has 0 aliphatic heterocycles. The number of hydrogen-bond acceptors (Lipinski definition) is 2. The molecule has 154 valence electrons. The number of pyridine rings is 1. The Balaban J connectivity index is 0.00000256. The van der Waals surface area contributed by atoms with Gasteiger partial charge in [0.2, 0.25) is 0 Å². The fourth-order valence-corrected chi connectivity index (χ4v) is 3.65. The molecule has 0 saturated heterocycles. The first kappa shape index (κ1) is 21.8. The van der Waals surface area contributed by atoms with E-state index in [1.807, 2.05) is 54.7 Å². The Kier molecular flexibility index (Phi) is 7.06. The number of methoxy groups -OCH3 is 1. The maximum atomic E-state index is 13.3. The monoisotopic (exact) mass is 464 g/mol. The second kappa shape index (κ2) is 9.72. The second-order valence-corrected chi connectivity index (χ2v) is 7.14. The van der Waals surface area contributed by atoms with Crippen LogP contribution in [-0.2, 0) is 6.54 Å². The van der Waals surface area contributed by atoms with Gasteiger partial charge in [0.1, 0.15) is 17.8 Å². The molecular weight excluding hydrogens is 440 g/mol. The van der Waals surface area contributed by atoms with Crippen LogP contribution in [0.4, 0.5) is 0 Å². The van der Waals surface area contributed by atoms with Crippen LogP contribution in [0.15, 0.2) is 66.9 Å². The number of carbonyl (C=O) groups is 1. The number of hydrogen-bond donors (Lipinski definition) is 1. The number of nitrogens with one attached hydrogen (secondary N) is 1. The molecular formula is C25H25BrN2O2. The van der Waals surface area contributed by atoms with Crippen molar-refractivity contribution in [2.75, 3.05) is 7.11 Å². The smallest absolute Gasteiger partial charge is 0.277 e. The number of para-hydroxylation sites is 1. The van der Waals surface area contributed by atoms with Gasteiger partial charge >= 0.3 is 0 Å². The Bertz CT molecular complexity index is 1190. The molecule has 0 amide bonds. The Labute approximate surface area is 187 Å². The predicted octanol–water partition coefficient (Wildman–Crippen LogP) is 2.32. The SMILES string of the molecule is CCCC[n+]1ccc2c([nH]c3ccccc32)c1C(=O)/C=C/c1ccc(OC)cc1.[Br-]. The van der Waals surface area contributed by atoms with Crippen molar-refractivity contribution in [2.24, 2.45) is 0 Å². The molecule has 0 spiro atoms. The predicted molar refractivity (Wildman–Crippen MR) is 117 cm³/mol. The Morgan fingerprint density at radius 1 is 1.07 bits per heavy atom. The number of fused-ring (bicyclic) bond motifs is 3. The van der Waals surface area contributed by atoms with Crippen molar-refractivity contribution in [1.82, 2.24) is 4.98 Å². The van der Waals surface area contributed by atoms with Crippen molar-refractivity contribution in [3.05, 3.63) is 78.1 Å². The van der Waals surface area contributed by atoms with Crippen LogP contribution in [-0.4, -0.2) is 17.9 Å². The Morgan fingerprint density at radius 2 is 1.83 bits per heavy atom. The molecule has 4 rings (SSSR count). The molecule has 4 nitrogen and oxygen atoms in total. The number of aromatic nitrogens is 2. The highest BCUT2D eigenvalue weighted by molar-refractivity contribution is 6.16. The van der Waals surface area contributed by atoms with E-state index in [0.717, 1.165) is 52.5 Å². The van der Waals surface area contributed by atoms with Gasteiger partial charge in [0.15, 0.2) is 6.20 Å². The lowest BCUT2D eigenvalue weighted by atomic mass is 10.1. The fraction of sp³-hybridized carbons (Fsp3) is 0.200. The molecule has 0 aliphatic rings. The van der Waals surface area contributed by atoms with Gasteiger partial charge in [-0.15, -0.1) is 0 Å². The van der Waals surface area contributed by atoms with Crippen molar-refractivity contribution >= 4 is 33.7 Å². The van der Waals surface area contributed by atoms with E-state index >= 15 is 0 Å². The summed E-state index contributed by atoms with van der Waals surface area (Å²) in [6, 6.07) is 17.9. The van der Waals surface area contributed by atoms with Crippen molar-refractivity contribution < 1.29 is 31.1 Å². The lowest BCUT2D eigenvalue weighted by Crippen LogP contribution is -3.00. The molecule has 5 heteroatoms. The zero-order chi connectivity index (χ0) is 20.2. The van der Waals surface area contributed by atoms with Gasteiger partial charge in [-0.3, -0.25) is 4.79 Å². The standard InChI is InChI=1S/C25H24N2O2.BrH/c1-3-4-16-27-17-15-21-20-7-5-6-8-22(20)26-24(21)25(27)23(28)14-11-18-9-12-19(29-2)13-10-18;/h5-15,17H,3-4,16H2,1-2H3;1H/b14-11+;. The molecule has 0 radical (unpaired) electrons. The number of carbonyl (C=O) groups excluding carboxylic acids is 1. The van der Waals surface area contributed by atoms with E-state index < -0.39 is 0 Å². The Hall–Kier alpha value is -2.92. The van der Waals surface area contributed by atoms with Crippen molar-refractivity contribution in [2.45, 2.75) is 26.3 Å². The number of unbranched alkanes of at least 4 members (excludes halogenated alkanes) is 1. The lowest BCUT2D eigenvalue weighted by molar-refractivity contribution is -0.697. The van der Waals surface area contributed by atoms with E-state index in [4.69, 9.17) is 4.74 Å².